The zero-order valence-corrected chi connectivity index (χ0v) is 39.5. The van der Waals surface area contributed by atoms with Gasteiger partial charge in [-0.15, -0.1) is 13.2 Å². The van der Waals surface area contributed by atoms with Gasteiger partial charge in [0.1, 0.15) is 37.6 Å². The molecule has 354 valence electrons. The highest BCUT2D eigenvalue weighted by Crippen LogP contribution is 2.52. The predicted molar refractivity (Wildman–Crippen MR) is 245 cm³/mol. The number of allylic oxidation sites excluding steroid dienone is 3. The number of rotatable bonds is 42. The van der Waals surface area contributed by atoms with Gasteiger partial charge < -0.3 is 33.2 Å². The van der Waals surface area contributed by atoms with Crippen molar-refractivity contribution in [1.29, 1.82) is 0 Å². The second-order valence-electron chi connectivity index (χ2n) is 15.5. The first-order valence-electron chi connectivity index (χ1n) is 23.4. The molecule has 1 aliphatic rings. The number of methoxy groups -OCH3 is 1. The smallest absolute Gasteiger partial charge is 0.470 e. The van der Waals surface area contributed by atoms with Crippen molar-refractivity contribution in [1.82, 2.24) is 0 Å². The maximum atomic E-state index is 14.2. The SMILES string of the molecule is C=CCOC(=O)OC[C@H]1OC(O/C=C/C)[C@H](OCCCCCCCCCC/C=C\CCCCCC)[C@@H](OCC[C@@H](CCCCCCC)OC)[C@@H]1OP(=O)(OCC=C)OCC=C. The first-order valence-corrected chi connectivity index (χ1v) is 24.8. The van der Waals surface area contributed by atoms with Crippen molar-refractivity contribution in [3.8, 4) is 0 Å². The highest BCUT2D eigenvalue weighted by molar-refractivity contribution is 7.48. The molecule has 1 fully saturated rings. The van der Waals surface area contributed by atoms with E-state index in [2.05, 4.69) is 45.7 Å². The van der Waals surface area contributed by atoms with E-state index in [1.54, 1.807) is 13.2 Å². The molecule has 0 spiro atoms. The molecule has 0 radical (unpaired) electrons. The van der Waals surface area contributed by atoms with Gasteiger partial charge in [0.25, 0.3) is 0 Å². The number of phosphoric ester groups is 1. The summed E-state index contributed by atoms with van der Waals surface area (Å²) in [6.45, 7) is 17.2. The van der Waals surface area contributed by atoms with Gasteiger partial charge in [-0.05, 0) is 51.9 Å². The van der Waals surface area contributed by atoms with Crippen LogP contribution < -0.4 is 0 Å². The molecule has 12 nitrogen and oxygen atoms in total. The standard InChI is InChI=1S/C48H85O12P/c1-8-14-16-18-19-20-21-22-23-24-25-26-27-28-30-32-39-52-46-45(53-40-34-42(51-7)33-31-29-17-15-9-2)44(60-61(50,57-37-12-5)58-38-13-6)43(59-47(46)54-35-10-3)41-56-48(49)55-36-11-4/h10-13,20-21,35,42-47H,4-6,8-9,14-19,22-34,36-41H2,1-3,7H3/b21-20-,35-10+/t42-,43-,44-,45+,46-,47?/m1/s1. The highest BCUT2D eigenvalue weighted by atomic mass is 31.2. The molecule has 0 N–H and O–H groups in total. The fourth-order valence-corrected chi connectivity index (χ4v) is 8.21. The molecule has 6 atom stereocenters. The third-order valence-corrected chi connectivity index (χ3v) is 11.7. The van der Waals surface area contributed by atoms with Gasteiger partial charge in [-0.1, -0.05) is 147 Å². The minimum absolute atomic E-state index is 0.0334. The summed E-state index contributed by atoms with van der Waals surface area (Å²) in [5.41, 5.74) is 0. The van der Waals surface area contributed by atoms with E-state index in [-0.39, 0.29) is 39.1 Å². The lowest BCUT2D eigenvalue weighted by Crippen LogP contribution is -2.61. The lowest BCUT2D eigenvalue weighted by atomic mass is 9.98. The lowest BCUT2D eigenvalue weighted by Gasteiger charge is -2.45. The molecule has 0 amide bonds. The molecule has 0 aromatic rings. The van der Waals surface area contributed by atoms with Crippen molar-refractivity contribution in [3.05, 3.63) is 62.5 Å². The van der Waals surface area contributed by atoms with Gasteiger partial charge in [-0.25, -0.2) is 9.36 Å². The van der Waals surface area contributed by atoms with Gasteiger partial charge in [-0.2, -0.15) is 0 Å². The van der Waals surface area contributed by atoms with Gasteiger partial charge in [0, 0.05) is 20.3 Å². The van der Waals surface area contributed by atoms with Crippen LogP contribution in [0, 0.1) is 0 Å². The van der Waals surface area contributed by atoms with Gasteiger partial charge in [0.2, 0.25) is 6.29 Å². The minimum atomic E-state index is -4.30. The van der Waals surface area contributed by atoms with Crippen LogP contribution in [0.4, 0.5) is 4.79 Å². The van der Waals surface area contributed by atoms with Crippen LogP contribution >= 0.6 is 7.82 Å². The van der Waals surface area contributed by atoms with Gasteiger partial charge in [-0.3, -0.25) is 13.6 Å². The quantitative estimate of drug-likeness (QED) is 0.0190. The Morgan fingerprint density at radius 3 is 1.82 bits per heavy atom. The molecule has 1 aliphatic heterocycles. The van der Waals surface area contributed by atoms with E-state index in [1.807, 2.05) is 6.92 Å². The van der Waals surface area contributed by atoms with E-state index in [0.717, 1.165) is 38.5 Å². The van der Waals surface area contributed by atoms with Crippen LogP contribution in [-0.2, 0) is 51.3 Å². The molecule has 1 saturated heterocycles. The van der Waals surface area contributed by atoms with Crippen molar-refractivity contribution in [3.63, 3.8) is 0 Å². The molecule has 0 aromatic heterocycles. The molecule has 1 unspecified atom stereocenters. The molecule has 0 aliphatic carbocycles. The van der Waals surface area contributed by atoms with Crippen molar-refractivity contribution >= 4 is 14.0 Å². The molecule has 13 heteroatoms. The largest absolute Gasteiger partial charge is 0.508 e. The minimum Gasteiger partial charge on any atom is -0.470 e. The van der Waals surface area contributed by atoms with Crippen LogP contribution in [0.2, 0.25) is 0 Å². The average molecular weight is 885 g/mol. The van der Waals surface area contributed by atoms with E-state index in [9.17, 15) is 9.36 Å². The number of carbonyl (C=O) groups is 1. The van der Waals surface area contributed by atoms with Crippen LogP contribution in [-0.4, -0.2) is 89.7 Å². The molecular formula is C48H85O12P. The van der Waals surface area contributed by atoms with Crippen molar-refractivity contribution in [2.75, 3.05) is 46.8 Å². The summed E-state index contributed by atoms with van der Waals surface area (Å²) in [4.78, 5) is 12.5. The van der Waals surface area contributed by atoms with E-state index >= 15 is 0 Å². The number of phosphoric acid groups is 1. The summed E-state index contributed by atoms with van der Waals surface area (Å²) in [6.07, 6.45) is 30.2. The number of hydrogen-bond donors (Lipinski definition) is 0. The Balaban J connectivity index is 3.15. The summed E-state index contributed by atoms with van der Waals surface area (Å²) < 4.78 is 73.7. The Labute approximate surface area is 370 Å². The number of carbonyl (C=O) groups excluding carboxylic acids is 1. The van der Waals surface area contributed by atoms with Crippen LogP contribution in [0.25, 0.3) is 0 Å². The maximum Gasteiger partial charge on any atom is 0.508 e. The maximum absolute atomic E-state index is 14.2. The van der Waals surface area contributed by atoms with Crippen LogP contribution in [0.3, 0.4) is 0 Å². The van der Waals surface area contributed by atoms with E-state index in [0.29, 0.717) is 13.0 Å². The van der Waals surface area contributed by atoms with Crippen LogP contribution in [0.15, 0.2) is 62.5 Å². The number of hydrogen-bond acceptors (Lipinski definition) is 12. The first-order chi connectivity index (χ1) is 29.8. The van der Waals surface area contributed by atoms with Crippen molar-refractivity contribution in [2.24, 2.45) is 0 Å². The summed E-state index contributed by atoms with van der Waals surface area (Å²) in [5.74, 6) is 0. The van der Waals surface area contributed by atoms with Crippen molar-refractivity contribution in [2.45, 2.75) is 192 Å². The molecule has 0 saturated carbocycles. The molecular weight excluding hydrogens is 799 g/mol. The average Bonchev–Trinajstić information content (AvgIpc) is 3.26. The second-order valence-corrected chi connectivity index (χ2v) is 17.1. The summed E-state index contributed by atoms with van der Waals surface area (Å²) in [6, 6.07) is 0. The fourth-order valence-electron chi connectivity index (χ4n) is 6.89. The summed E-state index contributed by atoms with van der Waals surface area (Å²) in [7, 11) is -2.59. The van der Waals surface area contributed by atoms with Gasteiger partial charge >= 0.3 is 14.0 Å². The lowest BCUT2D eigenvalue weighted by molar-refractivity contribution is -0.303. The normalized spacial score (nSPS) is 19.9. The highest BCUT2D eigenvalue weighted by Gasteiger charge is 2.52. The van der Waals surface area contributed by atoms with E-state index in [4.69, 9.17) is 46.7 Å². The Bertz CT molecular complexity index is 1180. The third kappa shape index (κ3) is 28.2. The Morgan fingerprint density at radius 2 is 1.23 bits per heavy atom. The second kappa shape index (κ2) is 39.3. The fraction of sp³-hybridized carbons (Fsp3) is 0.771. The molecule has 0 aromatic carbocycles. The molecule has 1 heterocycles. The molecule has 1 rings (SSSR count). The number of ether oxygens (including phenoxy) is 7. The topological polar surface area (TPSA) is 126 Å². The summed E-state index contributed by atoms with van der Waals surface area (Å²) >= 11 is 0. The van der Waals surface area contributed by atoms with Gasteiger partial charge in [0.05, 0.1) is 25.6 Å². The number of unbranched alkanes of at least 4 members (excludes halogenated alkanes) is 16. The summed E-state index contributed by atoms with van der Waals surface area (Å²) in [5, 5.41) is 0. The predicted octanol–water partition coefficient (Wildman–Crippen LogP) is 13.1. The van der Waals surface area contributed by atoms with Gasteiger partial charge in [0.15, 0.2) is 0 Å². The van der Waals surface area contributed by atoms with Crippen LogP contribution in [0.5, 0.6) is 0 Å². The molecule has 61 heavy (non-hydrogen) atoms. The Morgan fingerprint density at radius 1 is 0.672 bits per heavy atom. The molecule has 0 bridgehead atoms. The van der Waals surface area contributed by atoms with E-state index < -0.39 is 44.7 Å². The third-order valence-electron chi connectivity index (χ3n) is 10.3. The first kappa shape index (κ1) is 56.7. The van der Waals surface area contributed by atoms with Crippen LogP contribution in [0.1, 0.15) is 156 Å². The zero-order chi connectivity index (χ0) is 44.7. The van der Waals surface area contributed by atoms with Crippen molar-refractivity contribution < 1.29 is 56.1 Å². The Kier molecular flexibility index (Phi) is 36.6. The monoisotopic (exact) mass is 885 g/mol. The Hall–Kier alpha value is -2.28. The van der Waals surface area contributed by atoms with E-state index in [1.165, 1.54) is 114 Å². The zero-order valence-electron chi connectivity index (χ0n) is 38.6.